The van der Waals surface area contributed by atoms with Crippen molar-refractivity contribution in [3.63, 3.8) is 0 Å². The highest BCUT2D eigenvalue weighted by atomic mass is 16.5. The standard InChI is InChI=1S/C22H25N5O3/c28-20-8-14-10-26(22(29)21-15-11-30-6-5-16(15)24-25-21)9-13(14)7-19(20)27-12-23-17-3-1-2-4-18(17)27/h1-4,12-14,19-20,28H,5-11H2,(H,24,25)/t13-,14+,19-,20-/m1/s1. The minimum atomic E-state index is -0.439. The molecule has 6 rings (SSSR count). The first-order chi connectivity index (χ1) is 14.7. The zero-order chi connectivity index (χ0) is 20.2. The monoisotopic (exact) mass is 407 g/mol. The van der Waals surface area contributed by atoms with E-state index in [1.807, 2.05) is 29.4 Å². The maximum absolute atomic E-state index is 13.2. The number of aromatic amines is 1. The van der Waals surface area contributed by atoms with Gasteiger partial charge < -0.3 is 19.3 Å². The van der Waals surface area contributed by atoms with Gasteiger partial charge in [-0.25, -0.2) is 4.98 Å². The second-order valence-electron chi connectivity index (χ2n) is 8.81. The molecule has 2 aromatic heterocycles. The van der Waals surface area contributed by atoms with E-state index in [0.29, 0.717) is 50.3 Å². The lowest BCUT2D eigenvalue weighted by Crippen LogP contribution is -2.36. The van der Waals surface area contributed by atoms with Crippen LogP contribution in [0.1, 0.15) is 40.6 Å². The predicted molar refractivity (Wildman–Crippen MR) is 109 cm³/mol. The van der Waals surface area contributed by atoms with Crippen molar-refractivity contribution in [3.8, 4) is 0 Å². The van der Waals surface area contributed by atoms with Crippen LogP contribution in [0.5, 0.6) is 0 Å². The lowest BCUT2D eigenvalue weighted by atomic mass is 9.77. The number of rotatable bonds is 2. The van der Waals surface area contributed by atoms with E-state index in [9.17, 15) is 9.90 Å². The first-order valence-corrected chi connectivity index (χ1v) is 10.7. The Balaban J connectivity index is 1.22. The number of nitrogens with one attached hydrogen (secondary N) is 1. The Bertz CT molecular complexity index is 1110. The van der Waals surface area contributed by atoms with Gasteiger partial charge in [-0.2, -0.15) is 5.10 Å². The van der Waals surface area contributed by atoms with E-state index in [2.05, 4.69) is 25.8 Å². The van der Waals surface area contributed by atoms with Gasteiger partial charge in [-0.3, -0.25) is 9.89 Å². The number of nitrogens with zero attached hydrogens (tertiary/aromatic N) is 4. The molecule has 1 amide bonds. The quantitative estimate of drug-likeness (QED) is 0.677. The van der Waals surface area contributed by atoms with Crippen LogP contribution in [0, 0.1) is 11.8 Å². The van der Waals surface area contributed by atoms with Crippen LogP contribution in [0.4, 0.5) is 0 Å². The molecule has 3 aromatic rings. The van der Waals surface area contributed by atoms with E-state index < -0.39 is 6.10 Å². The summed E-state index contributed by atoms with van der Waals surface area (Å²) in [6.07, 6.45) is 3.72. The molecule has 30 heavy (non-hydrogen) atoms. The molecule has 1 saturated heterocycles. The number of aliphatic hydroxyl groups is 1. The molecular formula is C22H25N5O3. The fourth-order valence-electron chi connectivity index (χ4n) is 5.55. The number of likely N-dealkylation sites (tertiary alicyclic amines) is 1. The molecule has 156 valence electrons. The van der Waals surface area contributed by atoms with Crippen LogP contribution in [0.25, 0.3) is 11.0 Å². The molecule has 2 N–H and O–H groups in total. The number of fused-ring (bicyclic) bond motifs is 3. The van der Waals surface area contributed by atoms with Crippen molar-refractivity contribution in [2.24, 2.45) is 11.8 Å². The molecular weight excluding hydrogens is 382 g/mol. The van der Waals surface area contributed by atoms with Crippen molar-refractivity contribution in [1.82, 2.24) is 24.6 Å². The maximum atomic E-state index is 13.2. The second kappa shape index (κ2) is 6.92. The summed E-state index contributed by atoms with van der Waals surface area (Å²) in [5.74, 6) is 0.669. The molecule has 0 radical (unpaired) electrons. The Kier molecular flexibility index (Phi) is 4.17. The van der Waals surface area contributed by atoms with Crippen LogP contribution in [0.2, 0.25) is 0 Å². The van der Waals surface area contributed by atoms with E-state index in [4.69, 9.17) is 4.74 Å². The van der Waals surface area contributed by atoms with Crippen LogP contribution in [-0.4, -0.2) is 61.5 Å². The van der Waals surface area contributed by atoms with Gasteiger partial charge in [0.05, 0.1) is 42.7 Å². The topological polar surface area (TPSA) is 96.3 Å². The average Bonchev–Trinajstić information content (AvgIpc) is 3.48. The maximum Gasteiger partial charge on any atom is 0.274 e. The Morgan fingerprint density at radius 1 is 1.20 bits per heavy atom. The highest BCUT2D eigenvalue weighted by molar-refractivity contribution is 5.94. The molecule has 2 fully saturated rings. The Morgan fingerprint density at radius 3 is 2.93 bits per heavy atom. The fraction of sp³-hybridized carbons (Fsp3) is 0.500. The number of carbonyl (C=O) groups is 1. The normalized spacial score (nSPS) is 28.5. The summed E-state index contributed by atoms with van der Waals surface area (Å²) in [6, 6.07) is 8.01. The van der Waals surface area contributed by atoms with Gasteiger partial charge in [0, 0.05) is 30.8 Å². The van der Waals surface area contributed by atoms with Crippen molar-refractivity contribution >= 4 is 16.9 Å². The molecule has 0 spiro atoms. The third-order valence-corrected chi connectivity index (χ3v) is 7.13. The number of aromatic nitrogens is 4. The number of ether oxygens (including phenoxy) is 1. The average molecular weight is 407 g/mol. The van der Waals surface area contributed by atoms with E-state index in [1.54, 1.807) is 0 Å². The minimum Gasteiger partial charge on any atom is -0.391 e. The molecule has 1 saturated carbocycles. The highest BCUT2D eigenvalue weighted by Crippen LogP contribution is 2.42. The molecule has 0 unspecified atom stereocenters. The van der Waals surface area contributed by atoms with Gasteiger partial charge in [0.15, 0.2) is 5.69 Å². The number of imidazole rings is 1. The molecule has 8 heteroatoms. The summed E-state index contributed by atoms with van der Waals surface area (Å²) in [5, 5.41) is 18.2. The second-order valence-corrected chi connectivity index (χ2v) is 8.81. The van der Waals surface area contributed by atoms with Crippen LogP contribution in [-0.2, 0) is 17.8 Å². The molecule has 2 aliphatic heterocycles. The molecule has 1 aliphatic carbocycles. The SMILES string of the molecule is O=C(c1n[nH]c2c1COCC2)N1C[C@H]2C[C@@H](n3cnc4ccccc43)[C@H](O)C[C@H]2C1. The molecule has 0 bridgehead atoms. The predicted octanol–water partition coefficient (Wildman–Crippen LogP) is 1.92. The van der Waals surface area contributed by atoms with Crippen LogP contribution < -0.4 is 0 Å². The fourth-order valence-corrected chi connectivity index (χ4v) is 5.55. The van der Waals surface area contributed by atoms with Gasteiger partial charge in [0.2, 0.25) is 0 Å². The number of H-pyrrole nitrogens is 1. The number of aliphatic hydroxyl groups excluding tert-OH is 1. The Hall–Kier alpha value is -2.71. The van der Waals surface area contributed by atoms with Crippen molar-refractivity contribution in [1.29, 1.82) is 0 Å². The zero-order valence-corrected chi connectivity index (χ0v) is 16.7. The summed E-state index contributed by atoms with van der Waals surface area (Å²) < 4.78 is 7.65. The van der Waals surface area contributed by atoms with Gasteiger partial charge >= 0.3 is 0 Å². The van der Waals surface area contributed by atoms with Gasteiger partial charge in [0.1, 0.15) is 0 Å². The van der Waals surface area contributed by atoms with Crippen LogP contribution in [0.15, 0.2) is 30.6 Å². The zero-order valence-electron chi connectivity index (χ0n) is 16.7. The van der Waals surface area contributed by atoms with E-state index in [0.717, 1.165) is 35.1 Å². The van der Waals surface area contributed by atoms with Crippen molar-refractivity contribution in [2.45, 2.75) is 38.0 Å². The van der Waals surface area contributed by atoms with Crippen molar-refractivity contribution < 1.29 is 14.6 Å². The summed E-state index contributed by atoms with van der Waals surface area (Å²) in [4.78, 5) is 19.6. The Morgan fingerprint density at radius 2 is 2.03 bits per heavy atom. The van der Waals surface area contributed by atoms with Gasteiger partial charge in [-0.15, -0.1) is 0 Å². The van der Waals surface area contributed by atoms with Gasteiger partial charge in [-0.05, 0) is 36.8 Å². The smallest absolute Gasteiger partial charge is 0.274 e. The summed E-state index contributed by atoms with van der Waals surface area (Å²) in [5.41, 5.74) is 4.42. The lowest BCUT2D eigenvalue weighted by molar-refractivity contribution is 0.0374. The third kappa shape index (κ3) is 2.78. The summed E-state index contributed by atoms with van der Waals surface area (Å²) in [7, 11) is 0. The largest absolute Gasteiger partial charge is 0.391 e. The van der Waals surface area contributed by atoms with Crippen LogP contribution in [0.3, 0.4) is 0 Å². The van der Waals surface area contributed by atoms with Gasteiger partial charge in [-0.1, -0.05) is 12.1 Å². The number of hydrogen-bond donors (Lipinski definition) is 2. The molecule has 4 heterocycles. The molecule has 4 atom stereocenters. The van der Waals surface area contributed by atoms with E-state index in [1.165, 1.54) is 0 Å². The summed E-state index contributed by atoms with van der Waals surface area (Å²) >= 11 is 0. The molecule has 8 nitrogen and oxygen atoms in total. The first-order valence-electron chi connectivity index (χ1n) is 10.7. The van der Waals surface area contributed by atoms with Crippen molar-refractivity contribution in [2.75, 3.05) is 19.7 Å². The number of benzene rings is 1. The highest BCUT2D eigenvalue weighted by Gasteiger charge is 2.44. The van der Waals surface area contributed by atoms with E-state index in [-0.39, 0.29) is 11.9 Å². The minimum absolute atomic E-state index is 0.0137. The van der Waals surface area contributed by atoms with Crippen molar-refractivity contribution in [3.05, 3.63) is 47.5 Å². The first kappa shape index (κ1) is 18.1. The summed E-state index contributed by atoms with van der Waals surface area (Å²) in [6.45, 7) is 2.50. The van der Waals surface area contributed by atoms with Gasteiger partial charge in [0.25, 0.3) is 5.91 Å². The molecule has 1 aromatic carbocycles. The molecule has 3 aliphatic rings. The third-order valence-electron chi connectivity index (χ3n) is 7.13. The Labute approximate surface area is 173 Å². The van der Waals surface area contributed by atoms with Crippen LogP contribution >= 0.6 is 0 Å². The number of hydrogen-bond acceptors (Lipinski definition) is 5. The number of amides is 1. The number of carbonyl (C=O) groups excluding carboxylic acids is 1. The van der Waals surface area contributed by atoms with E-state index >= 15 is 0 Å². The number of para-hydroxylation sites is 2. The lowest BCUT2D eigenvalue weighted by Gasteiger charge is -2.36.